The van der Waals surface area contributed by atoms with Crippen LogP contribution in [0.4, 0.5) is 0 Å². The van der Waals surface area contributed by atoms with Crippen LogP contribution in [-0.2, 0) is 13.1 Å². The van der Waals surface area contributed by atoms with Crippen LogP contribution >= 0.6 is 11.3 Å². The van der Waals surface area contributed by atoms with Crippen molar-refractivity contribution in [2.75, 3.05) is 14.2 Å². The zero-order valence-corrected chi connectivity index (χ0v) is 13.3. The minimum atomic E-state index is 0.611. The highest BCUT2D eigenvalue weighted by Gasteiger charge is 2.05. The molecule has 0 aliphatic heterocycles. The molecule has 21 heavy (non-hydrogen) atoms. The Morgan fingerprint density at radius 2 is 2.10 bits per heavy atom. The van der Waals surface area contributed by atoms with Crippen LogP contribution in [0.25, 0.3) is 0 Å². The Labute approximate surface area is 129 Å². The van der Waals surface area contributed by atoms with Gasteiger partial charge in [-0.05, 0) is 25.1 Å². The van der Waals surface area contributed by atoms with E-state index in [9.17, 15) is 0 Å². The molecule has 2 aromatic rings. The van der Waals surface area contributed by atoms with Crippen molar-refractivity contribution in [3.8, 4) is 5.88 Å². The first-order valence-corrected chi connectivity index (χ1v) is 7.52. The van der Waals surface area contributed by atoms with Crippen molar-refractivity contribution >= 4 is 17.3 Å². The average molecular weight is 304 g/mol. The summed E-state index contributed by atoms with van der Waals surface area (Å²) in [6.07, 6.45) is 1.72. The lowest BCUT2D eigenvalue weighted by Crippen LogP contribution is -2.36. The maximum absolute atomic E-state index is 5.23. The summed E-state index contributed by atoms with van der Waals surface area (Å²) >= 11 is 1.79. The molecule has 112 valence electrons. The molecule has 0 unspecified atom stereocenters. The minimum absolute atomic E-state index is 0.611. The summed E-state index contributed by atoms with van der Waals surface area (Å²) in [5.74, 6) is 1.39. The summed E-state index contributed by atoms with van der Waals surface area (Å²) < 4.78 is 5.23. The standard InChI is InChI=1S/C15H20N4OS/c1-11-6-7-13(21-11)10-19-15(16-2)18-9-12-5-4-8-17-14(12)20-3/h4-8H,9-10H2,1-3H3,(H2,16,18,19). The topological polar surface area (TPSA) is 58.5 Å². The fourth-order valence-electron chi connectivity index (χ4n) is 1.89. The van der Waals surface area contributed by atoms with Gasteiger partial charge < -0.3 is 15.4 Å². The first-order chi connectivity index (χ1) is 10.2. The fourth-order valence-corrected chi connectivity index (χ4v) is 2.72. The molecule has 5 nitrogen and oxygen atoms in total. The van der Waals surface area contributed by atoms with Crippen molar-refractivity contribution in [3.63, 3.8) is 0 Å². The number of hydrogen-bond donors (Lipinski definition) is 2. The molecular weight excluding hydrogens is 284 g/mol. The molecule has 6 heteroatoms. The Kier molecular flexibility index (Phi) is 5.57. The van der Waals surface area contributed by atoms with E-state index in [1.54, 1.807) is 31.7 Å². The Bertz CT molecular complexity index is 609. The predicted octanol–water partition coefficient (Wildman–Crippen LogP) is 2.33. The van der Waals surface area contributed by atoms with E-state index < -0.39 is 0 Å². The monoisotopic (exact) mass is 304 g/mol. The number of nitrogens with zero attached hydrogens (tertiary/aromatic N) is 2. The van der Waals surface area contributed by atoms with Gasteiger partial charge in [-0.3, -0.25) is 4.99 Å². The Morgan fingerprint density at radius 3 is 2.76 bits per heavy atom. The predicted molar refractivity (Wildman–Crippen MR) is 86.9 cm³/mol. The second kappa shape index (κ2) is 7.64. The molecule has 2 N–H and O–H groups in total. The quantitative estimate of drug-likeness (QED) is 0.657. The number of aryl methyl sites for hydroxylation is 1. The van der Waals surface area contributed by atoms with Gasteiger partial charge in [0, 0.05) is 35.1 Å². The summed E-state index contributed by atoms with van der Waals surface area (Å²) in [7, 11) is 3.38. The molecule has 0 saturated carbocycles. The summed E-state index contributed by atoms with van der Waals surface area (Å²) in [6.45, 7) is 3.48. The van der Waals surface area contributed by atoms with Gasteiger partial charge in [0.2, 0.25) is 5.88 Å². The molecule has 0 saturated heterocycles. The van der Waals surface area contributed by atoms with Crippen LogP contribution in [0.5, 0.6) is 5.88 Å². The molecule has 2 heterocycles. The molecule has 0 atom stereocenters. The number of nitrogens with one attached hydrogen (secondary N) is 2. The van der Waals surface area contributed by atoms with Crippen molar-refractivity contribution in [1.82, 2.24) is 15.6 Å². The second-order valence-electron chi connectivity index (χ2n) is 4.46. The summed E-state index contributed by atoms with van der Waals surface area (Å²) in [6, 6.07) is 8.13. The maximum Gasteiger partial charge on any atom is 0.218 e. The Morgan fingerprint density at radius 1 is 1.29 bits per heavy atom. The van der Waals surface area contributed by atoms with Crippen molar-refractivity contribution in [2.24, 2.45) is 4.99 Å². The van der Waals surface area contributed by atoms with Gasteiger partial charge in [-0.2, -0.15) is 0 Å². The van der Waals surface area contributed by atoms with Gasteiger partial charge >= 0.3 is 0 Å². The summed E-state index contributed by atoms with van der Waals surface area (Å²) in [4.78, 5) is 11.0. The van der Waals surface area contributed by atoms with Crippen LogP contribution in [0.1, 0.15) is 15.3 Å². The lowest BCUT2D eigenvalue weighted by molar-refractivity contribution is 0.392. The van der Waals surface area contributed by atoms with Gasteiger partial charge in [-0.15, -0.1) is 11.3 Å². The molecule has 0 radical (unpaired) electrons. The van der Waals surface area contributed by atoms with Gasteiger partial charge in [-0.1, -0.05) is 6.07 Å². The average Bonchev–Trinajstić information content (AvgIpc) is 2.93. The number of aliphatic imine (C=N–C) groups is 1. The Balaban J connectivity index is 1.88. The van der Waals surface area contributed by atoms with E-state index in [4.69, 9.17) is 4.74 Å². The second-order valence-corrected chi connectivity index (χ2v) is 5.84. The SMILES string of the molecule is CN=C(NCc1ccc(C)s1)NCc1cccnc1OC. The number of ether oxygens (including phenoxy) is 1. The van der Waals surface area contributed by atoms with Gasteiger partial charge in [0.05, 0.1) is 13.7 Å². The fraction of sp³-hybridized carbons (Fsp3) is 0.333. The van der Waals surface area contributed by atoms with Crippen molar-refractivity contribution in [1.29, 1.82) is 0 Å². The number of thiophene rings is 1. The molecule has 0 bridgehead atoms. The van der Waals surface area contributed by atoms with Gasteiger partial charge in [0.25, 0.3) is 0 Å². The molecule has 0 spiro atoms. The largest absolute Gasteiger partial charge is 0.481 e. The van der Waals surface area contributed by atoms with E-state index in [1.165, 1.54) is 9.75 Å². The van der Waals surface area contributed by atoms with E-state index in [1.807, 2.05) is 12.1 Å². The molecule has 0 aliphatic rings. The van der Waals surface area contributed by atoms with Gasteiger partial charge in [0.1, 0.15) is 0 Å². The van der Waals surface area contributed by atoms with Crippen molar-refractivity contribution in [2.45, 2.75) is 20.0 Å². The minimum Gasteiger partial charge on any atom is -0.481 e. The molecule has 0 aromatic carbocycles. The third-order valence-corrected chi connectivity index (χ3v) is 3.94. The Hall–Kier alpha value is -2.08. The molecule has 0 aliphatic carbocycles. The third-order valence-electron chi connectivity index (χ3n) is 2.94. The van der Waals surface area contributed by atoms with Crippen LogP contribution in [-0.4, -0.2) is 25.1 Å². The van der Waals surface area contributed by atoms with Crippen LogP contribution in [0.15, 0.2) is 35.5 Å². The first kappa shape index (κ1) is 15.3. The highest BCUT2D eigenvalue weighted by molar-refractivity contribution is 7.11. The maximum atomic E-state index is 5.23. The number of methoxy groups -OCH3 is 1. The molecule has 0 fully saturated rings. The highest BCUT2D eigenvalue weighted by atomic mass is 32.1. The van der Waals surface area contributed by atoms with E-state index in [0.717, 1.165) is 18.1 Å². The number of hydrogen-bond acceptors (Lipinski definition) is 4. The van der Waals surface area contributed by atoms with Crippen molar-refractivity contribution in [3.05, 3.63) is 45.8 Å². The molecule has 2 rings (SSSR count). The number of aromatic nitrogens is 1. The van der Waals surface area contributed by atoms with E-state index in [2.05, 4.69) is 39.7 Å². The normalized spacial score (nSPS) is 11.3. The highest BCUT2D eigenvalue weighted by Crippen LogP contribution is 2.14. The van der Waals surface area contributed by atoms with Crippen LogP contribution in [0.3, 0.4) is 0 Å². The van der Waals surface area contributed by atoms with E-state index in [0.29, 0.717) is 12.4 Å². The third kappa shape index (κ3) is 4.46. The molecule has 0 amide bonds. The van der Waals surface area contributed by atoms with Crippen molar-refractivity contribution < 1.29 is 4.74 Å². The van der Waals surface area contributed by atoms with Crippen LogP contribution < -0.4 is 15.4 Å². The van der Waals surface area contributed by atoms with Crippen LogP contribution in [0.2, 0.25) is 0 Å². The van der Waals surface area contributed by atoms with Gasteiger partial charge in [0.15, 0.2) is 5.96 Å². The number of rotatable bonds is 5. The summed E-state index contributed by atoms with van der Waals surface area (Å²) in [5.41, 5.74) is 0.995. The zero-order valence-electron chi connectivity index (χ0n) is 12.5. The smallest absolute Gasteiger partial charge is 0.218 e. The molecular formula is C15H20N4OS. The van der Waals surface area contributed by atoms with E-state index >= 15 is 0 Å². The first-order valence-electron chi connectivity index (χ1n) is 6.70. The molecule has 2 aromatic heterocycles. The lowest BCUT2D eigenvalue weighted by atomic mass is 10.2. The number of guanidine groups is 1. The van der Waals surface area contributed by atoms with Gasteiger partial charge in [-0.25, -0.2) is 4.98 Å². The van der Waals surface area contributed by atoms with Crippen LogP contribution in [0, 0.1) is 6.92 Å². The van der Waals surface area contributed by atoms with E-state index in [-0.39, 0.29) is 0 Å². The summed E-state index contributed by atoms with van der Waals surface area (Å²) in [5, 5.41) is 6.56. The lowest BCUT2D eigenvalue weighted by Gasteiger charge is -2.12. The zero-order chi connectivity index (χ0) is 15.1. The number of pyridine rings is 1.